The third-order valence-electron chi connectivity index (χ3n) is 5.45. The molecule has 0 aliphatic carbocycles. The van der Waals surface area contributed by atoms with Crippen LogP contribution in [-0.4, -0.2) is 88.2 Å². The van der Waals surface area contributed by atoms with Crippen LogP contribution in [0.1, 0.15) is 12.5 Å². The zero-order valence-electron chi connectivity index (χ0n) is 16.9. The summed E-state index contributed by atoms with van der Waals surface area (Å²) >= 11 is 3.40. The Morgan fingerprint density at radius 3 is 2.60 bits per heavy atom. The summed E-state index contributed by atoms with van der Waals surface area (Å²) in [5, 5.41) is 8.86. The van der Waals surface area contributed by atoms with Crippen LogP contribution in [-0.2, 0) is 16.1 Å². The molecule has 10 heteroatoms. The number of urea groups is 1. The van der Waals surface area contributed by atoms with E-state index in [0.29, 0.717) is 19.1 Å². The summed E-state index contributed by atoms with van der Waals surface area (Å²) in [5.74, 6) is 0.390. The number of aliphatic hydroxyl groups is 1. The molecule has 1 aromatic rings. The number of benzene rings is 1. The highest BCUT2D eigenvalue weighted by Gasteiger charge is 2.54. The van der Waals surface area contributed by atoms with Gasteiger partial charge in [-0.2, -0.15) is 0 Å². The maximum absolute atomic E-state index is 13.3. The standard InChI is InChI=1S/C20H24BrN5O4/c1-13-11-25-16-17(22-19(25)24(13)7-9-30-10-8-27)23(2)20(29)26(18(16)28)12-14-3-5-15(21)6-4-14/h3-6,11,16-17,27H,7-10,12H2,1-2H3. The molecule has 2 unspecified atom stereocenters. The van der Waals surface area contributed by atoms with E-state index >= 15 is 0 Å². The van der Waals surface area contributed by atoms with E-state index < -0.39 is 12.2 Å². The molecule has 3 aliphatic heterocycles. The predicted octanol–water partition coefficient (Wildman–Crippen LogP) is 1.40. The highest BCUT2D eigenvalue weighted by atomic mass is 79.9. The van der Waals surface area contributed by atoms with Gasteiger partial charge in [-0.05, 0) is 24.6 Å². The first-order chi connectivity index (χ1) is 14.4. The van der Waals surface area contributed by atoms with Gasteiger partial charge < -0.3 is 24.5 Å². The second-order valence-electron chi connectivity index (χ2n) is 7.40. The molecule has 1 fully saturated rings. The van der Waals surface area contributed by atoms with Crippen LogP contribution in [0.3, 0.4) is 0 Å². The number of likely N-dealkylation sites (N-methyl/N-ethyl adjacent to an activating group) is 1. The minimum atomic E-state index is -0.587. The molecule has 160 valence electrons. The number of imide groups is 1. The van der Waals surface area contributed by atoms with Gasteiger partial charge in [0.1, 0.15) is 0 Å². The van der Waals surface area contributed by atoms with Crippen molar-refractivity contribution >= 4 is 33.8 Å². The van der Waals surface area contributed by atoms with E-state index in [9.17, 15) is 9.59 Å². The molecule has 0 radical (unpaired) electrons. The van der Waals surface area contributed by atoms with E-state index in [0.717, 1.165) is 15.7 Å². The Morgan fingerprint density at radius 1 is 1.17 bits per heavy atom. The molecule has 1 N–H and O–H groups in total. The quantitative estimate of drug-likeness (QED) is 0.597. The summed E-state index contributed by atoms with van der Waals surface area (Å²) < 4.78 is 6.32. The lowest BCUT2D eigenvalue weighted by Crippen LogP contribution is -2.63. The van der Waals surface area contributed by atoms with Gasteiger partial charge in [0.15, 0.2) is 12.2 Å². The van der Waals surface area contributed by atoms with Crippen molar-refractivity contribution in [2.24, 2.45) is 4.99 Å². The molecule has 1 saturated heterocycles. The van der Waals surface area contributed by atoms with E-state index in [1.807, 2.05) is 47.2 Å². The fourth-order valence-corrected chi connectivity index (χ4v) is 4.18. The second-order valence-corrected chi connectivity index (χ2v) is 8.31. The number of ether oxygens (including phenoxy) is 1. The highest BCUT2D eigenvalue weighted by molar-refractivity contribution is 9.10. The molecule has 0 bridgehead atoms. The average molecular weight is 478 g/mol. The van der Waals surface area contributed by atoms with Crippen LogP contribution in [0.15, 0.2) is 45.6 Å². The van der Waals surface area contributed by atoms with E-state index in [-0.39, 0.29) is 31.7 Å². The van der Waals surface area contributed by atoms with Gasteiger partial charge in [-0.1, -0.05) is 28.1 Å². The number of aliphatic imine (C=N–C) groups is 1. The van der Waals surface area contributed by atoms with Crippen LogP contribution in [0, 0.1) is 0 Å². The maximum Gasteiger partial charge on any atom is 0.328 e. The molecule has 3 aliphatic rings. The first-order valence-corrected chi connectivity index (χ1v) is 10.5. The minimum Gasteiger partial charge on any atom is -0.394 e. The molecule has 9 nitrogen and oxygen atoms in total. The fourth-order valence-electron chi connectivity index (χ4n) is 3.92. The average Bonchev–Trinajstić information content (AvgIpc) is 3.24. The molecule has 4 rings (SSSR count). The maximum atomic E-state index is 13.3. The summed E-state index contributed by atoms with van der Waals surface area (Å²) in [6.07, 6.45) is 1.33. The van der Waals surface area contributed by atoms with E-state index in [1.165, 1.54) is 9.80 Å². The van der Waals surface area contributed by atoms with Gasteiger partial charge in [0, 0.05) is 30.0 Å². The Hall–Kier alpha value is -2.43. The monoisotopic (exact) mass is 477 g/mol. The molecule has 0 spiro atoms. The number of halogens is 1. The number of guanidine groups is 1. The summed E-state index contributed by atoms with van der Waals surface area (Å²) in [6, 6.07) is 6.62. The Morgan fingerprint density at radius 2 is 1.90 bits per heavy atom. The van der Waals surface area contributed by atoms with Gasteiger partial charge in [-0.25, -0.2) is 9.79 Å². The number of allylic oxidation sites excluding steroid dienone is 1. The number of aliphatic hydroxyl groups excluding tert-OH is 1. The first kappa shape index (κ1) is 20.8. The first-order valence-electron chi connectivity index (χ1n) is 9.75. The predicted molar refractivity (Wildman–Crippen MR) is 113 cm³/mol. The normalized spacial score (nSPS) is 23.1. The van der Waals surface area contributed by atoms with Crippen molar-refractivity contribution in [3.8, 4) is 0 Å². The lowest BCUT2D eigenvalue weighted by Gasteiger charge is -2.40. The number of carbonyl (C=O) groups excluding carboxylic acids is 2. The van der Waals surface area contributed by atoms with Crippen molar-refractivity contribution in [2.45, 2.75) is 25.7 Å². The molecule has 3 heterocycles. The second kappa shape index (κ2) is 8.37. The number of hydrogen-bond acceptors (Lipinski definition) is 7. The highest BCUT2D eigenvalue weighted by Crippen LogP contribution is 2.34. The van der Waals surface area contributed by atoms with Crippen LogP contribution >= 0.6 is 15.9 Å². The Bertz CT molecular complexity index is 903. The summed E-state index contributed by atoms with van der Waals surface area (Å²) in [6.45, 7) is 3.38. The van der Waals surface area contributed by atoms with Crippen molar-refractivity contribution in [1.82, 2.24) is 19.6 Å². The molecule has 2 atom stereocenters. The van der Waals surface area contributed by atoms with Crippen molar-refractivity contribution < 1.29 is 19.4 Å². The number of carbonyl (C=O) groups is 2. The molecule has 3 amide bonds. The van der Waals surface area contributed by atoms with E-state index in [2.05, 4.69) is 15.9 Å². The smallest absolute Gasteiger partial charge is 0.328 e. The van der Waals surface area contributed by atoms with Gasteiger partial charge in [0.2, 0.25) is 5.96 Å². The lowest BCUT2D eigenvalue weighted by molar-refractivity contribution is -0.137. The third kappa shape index (κ3) is 3.59. The molecular formula is C20H24BrN5O4. The molecule has 0 aromatic heterocycles. The van der Waals surface area contributed by atoms with Crippen molar-refractivity contribution in [2.75, 3.05) is 33.4 Å². The Kier molecular flexibility index (Phi) is 5.81. The summed E-state index contributed by atoms with van der Waals surface area (Å²) in [7, 11) is 1.68. The van der Waals surface area contributed by atoms with Crippen molar-refractivity contribution in [3.63, 3.8) is 0 Å². The molecule has 30 heavy (non-hydrogen) atoms. The van der Waals surface area contributed by atoms with E-state index in [1.54, 1.807) is 7.05 Å². The summed E-state index contributed by atoms with van der Waals surface area (Å²) in [5.41, 5.74) is 1.83. The zero-order valence-corrected chi connectivity index (χ0v) is 18.4. The van der Waals surface area contributed by atoms with Gasteiger partial charge >= 0.3 is 6.03 Å². The SMILES string of the molecule is CC1=CN2C(=NC3C2C(=O)N(Cc2ccc(Br)cc2)C(=O)N3C)N1CCOCCO. The molecule has 0 saturated carbocycles. The Balaban J connectivity index is 1.53. The number of nitrogens with zero attached hydrogens (tertiary/aromatic N) is 5. The van der Waals surface area contributed by atoms with E-state index in [4.69, 9.17) is 14.8 Å². The van der Waals surface area contributed by atoms with Crippen LogP contribution in [0.25, 0.3) is 0 Å². The Labute approximate surface area is 183 Å². The number of rotatable bonds is 7. The number of amides is 3. The zero-order chi connectivity index (χ0) is 21.4. The lowest BCUT2D eigenvalue weighted by atomic mass is 10.1. The number of hydrogen-bond donors (Lipinski definition) is 1. The van der Waals surface area contributed by atoms with Crippen LogP contribution < -0.4 is 0 Å². The van der Waals surface area contributed by atoms with Crippen LogP contribution in [0.4, 0.5) is 4.79 Å². The minimum absolute atomic E-state index is 0.0261. The van der Waals surface area contributed by atoms with Crippen molar-refractivity contribution in [3.05, 3.63) is 46.2 Å². The van der Waals surface area contributed by atoms with Gasteiger partial charge in [0.25, 0.3) is 5.91 Å². The van der Waals surface area contributed by atoms with Gasteiger partial charge in [-0.15, -0.1) is 0 Å². The third-order valence-corrected chi connectivity index (χ3v) is 5.98. The molecular weight excluding hydrogens is 454 g/mol. The fraction of sp³-hybridized carbons (Fsp3) is 0.450. The van der Waals surface area contributed by atoms with Crippen LogP contribution in [0.5, 0.6) is 0 Å². The number of fused-ring (bicyclic) bond motifs is 3. The topological polar surface area (TPSA) is 88.9 Å². The molecule has 1 aromatic carbocycles. The van der Waals surface area contributed by atoms with Gasteiger partial charge in [-0.3, -0.25) is 9.69 Å². The van der Waals surface area contributed by atoms with Crippen molar-refractivity contribution in [1.29, 1.82) is 0 Å². The summed E-state index contributed by atoms with van der Waals surface area (Å²) in [4.78, 5) is 37.6. The van der Waals surface area contributed by atoms with Crippen LogP contribution in [0.2, 0.25) is 0 Å². The van der Waals surface area contributed by atoms with Gasteiger partial charge in [0.05, 0.1) is 26.4 Å². The largest absolute Gasteiger partial charge is 0.394 e.